The molecule has 0 aliphatic heterocycles. The van der Waals surface area contributed by atoms with Crippen LogP contribution in [-0.2, 0) is 16.0 Å². The molecule has 0 saturated carbocycles. The van der Waals surface area contributed by atoms with Gasteiger partial charge in [0.05, 0.1) is 6.61 Å². The molecule has 1 N–H and O–H groups in total. The van der Waals surface area contributed by atoms with E-state index in [9.17, 15) is 4.79 Å². The average molecular weight is 391 g/mol. The van der Waals surface area contributed by atoms with Crippen molar-refractivity contribution in [2.45, 2.75) is 39.5 Å². The Bertz CT molecular complexity index is 688. The lowest BCUT2D eigenvalue weighted by atomic mass is 10.1. The van der Waals surface area contributed by atoms with Crippen LogP contribution in [0.3, 0.4) is 0 Å². The molecule has 0 atom stereocenters. The highest BCUT2D eigenvalue weighted by Crippen LogP contribution is 2.20. The van der Waals surface area contributed by atoms with Crippen LogP contribution in [0.5, 0.6) is 0 Å². The highest BCUT2D eigenvalue weighted by atomic mass is 32.1. The second-order valence-corrected chi connectivity index (χ2v) is 7.32. The van der Waals surface area contributed by atoms with Crippen LogP contribution in [0.4, 0.5) is 5.13 Å². The Hall–Kier alpha value is -1.99. The maximum atomic E-state index is 12.0. The molecule has 1 amide bonds. The van der Waals surface area contributed by atoms with Crippen LogP contribution in [0.2, 0.25) is 0 Å². The van der Waals surface area contributed by atoms with E-state index in [0.717, 1.165) is 36.8 Å². The highest BCUT2D eigenvalue weighted by molar-refractivity contribution is 7.09. The van der Waals surface area contributed by atoms with Crippen LogP contribution < -0.4 is 10.2 Å². The van der Waals surface area contributed by atoms with Gasteiger partial charge in [0.1, 0.15) is 5.82 Å². The van der Waals surface area contributed by atoms with Gasteiger partial charge in [0.15, 0.2) is 0 Å². The Labute approximate surface area is 166 Å². The molecule has 0 radical (unpaired) electrons. The van der Waals surface area contributed by atoms with E-state index in [2.05, 4.69) is 52.7 Å². The maximum Gasteiger partial charge on any atom is 0.221 e. The minimum atomic E-state index is 0.0398. The molecule has 6 nitrogen and oxygen atoms in total. The first-order valence-corrected chi connectivity index (χ1v) is 10.3. The third kappa shape index (κ3) is 7.64. The van der Waals surface area contributed by atoms with E-state index in [1.165, 1.54) is 22.7 Å². The van der Waals surface area contributed by atoms with Crippen LogP contribution in [0.1, 0.15) is 43.1 Å². The van der Waals surface area contributed by atoms with Crippen LogP contribution in [0, 0.1) is 6.92 Å². The SMILES string of the molecule is CCCCN(CCC(=O)NCCOC)c1nc(Cc2ccc(C)cc2)ns1. The summed E-state index contributed by atoms with van der Waals surface area (Å²) in [5.74, 6) is 0.878. The van der Waals surface area contributed by atoms with Crippen molar-refractivity contribution >= 4 is 22.6 Å². The van der Waals surface area contributed by atoms with Gasteiger partial charge in [-0.05, 0) is 18.9 Å². The molecule has 0 fully saturated rings. The molecule has 2 rings (SSSR count). The summed E-state index contributed by atoms with van der Waals surface area (Å²) in [6, 6.07) is 8.46. The van der Waals surface area contributed by atoms with Gasteiger partial charge in [0, 0.05) is 51.1 Å². The van der Waals surface area contributed by atoms with Crippen LogP contribution in [0.15, 0.2) is 24.3 Å². The van der Waals surface area contributed by atoms with Gasteiger partial charge >= 0.3 is 0 Å². The van der Waals surface area contributed by atoms with Crippen molar-refractivity contribution in [2.24, 2.45) is 0 Å². The molecule has 0 spiro atoms. The number of hydrogen-bond acceptors (Lipinski definition) is 6. The summed E-state index contributed by atoms with van der Waals surface area (Å²) >= 11 is 1.42. The first-order valence-electron chi connectivity index (χ1n) is 9.51. The predicted octanol–water partition coefficient (Wildman–Crippen LogP) is 3.20. The standard InChI is InChI=1S/C20H30N4O2S/c1-4-5-12-24(13-10-19(25)21-11-14-26-3)20-22-18(23-27-20)15-17-8-6-16(2)7-9-17/h6-9H,4-5,10-15H2,1-3H3,(H,21,25). The number of hydrogen-bond donors (Lipinski definition) is 1. The number of anilines is 1. The molecular formula is C20H30N4O2S. The van der Waals surface area contributed by atoms with Gasteiger partial charge in [-0.3, -0.25) is 4.79 Å². The number of aromatic nitrogens is 2. The van der Waals surface area contributed by atoms with E-state index < -0.39 is 0 Å². The molecule has 27 heavy (non-hydrogen) atoms. The Morgan fingerprint density at radius 1 is 1.26 bits per heavy atom. The summed E-state index contributed by atoms with van der Waals surface area (Å²) in [4.78, 5) is 18.9. The van der Waals surface area contributed by atoms with Crippen LogP contribution in [0.25, 0.3) is 0 Å². The zero-order valence-corrected chi connectivity index (χ0v) is 17.3. The molecule has 0 unspecified atom stereocenters. The third-order valence-electron chi connectivity index (χ3n) is 4.23. The quantitative estimate of drug-likeness (QED) is 0.564. The maximum absolute atomic E-state index is 12.0. The Morgan fingerprint density at radius 2 is 2.04 bits per heavy atom. The number of methoxy groups -OCH3 is 1. The number of carbonyl (C=O) groups is 1. The van der Waals surface area contributed by atoms with Crippen LogP contribution >= 0.6 is 11.5 Å². The monoisotopic (exact) mass is 390 g/mol. The van der Waals surface area contributed by atoms with Crippen molar-refractivity contribution < 1.29 is 9.53 Å². The first kappa shape index (κ1) is 21.3. The molecule has 1 aromatic heterocycles. The average Bonchev–Trinajstić information content (AvgIpc) is 3.12. The van der Waals surface area contributed by atoms with Crippen molar-refractivity contribution in [1.82, 2.24) is 14.7 Å². The van der Waals surface area contributed by atoms with Gasteiger partial charge in [0.2, 0.25) is 11.0 Å². The summed E-state index contributed by atoms with van der Waals surface area (Å²) in [5, 5.41) is 3.76. The fourth-order valence-electron chi connectivity index (χ4n) is 2.60. The van der Waals surface area contributed by atoms with Gasteiger partial charge < -0.3 is 15.0 Å². The first-order chi connectivity index (χ1) is 13.1. The van der Waals surface area contributed by atoms with Gasteiger partial charge in [-0.25, -0.2) is 4.98 Å². The van der Waals surface area contributed by atoms with Gasteiger partial charge in [-0.2, -0.15) is 4.37 Å². The highest BCUT2D eigenvalue weighted by Gasteiger charge is 2.14. The fraction of sp³-hybridized carbons (Fsp3) is 0.550. The number of amides is 1. The zero-order chi connectivity index (χ0) is 19.5. The lowest BCUT2D eigenvalue weighted by Crippen LogP contribution is -2.33. The fourth-order valence-corrected chi connectivity index (χ4v) is 3.34. The topological polar surface area (TPSA) is 67.4 Å². The molecule has 1 heterocycles. The van der Waals surface area contributed by atoms with Gasteiger partial charge in [-0.15, -0.1) is 0 Å². The molecule has 2 aromatic rings. The number of nitrogens with zero attached hydrogens (tertiary/aromatic N) is 3. The number of benzene rings is 1. The van der Waals surface area contributed by atoms with E-state index >= 15 is 0 Å². The second-order valence-electron chi connectivity index (χ2n) is 6.59. The molecule has 7 heteroatoms. The molecular weight excluding hydrogens is 360 g/mol. The molecule has 0 aliphatic carbocycles. The summed E-state index contributed by atoms with van der Waals surface area (Å²) in [7, 11) is 1.63. The van der Waals surface area contributed by atoms with Crippen molar-refractivity contribution in [3.63, 3.8) is 0 Å². The third-order valence-corrected chi connectivity index (χ3v) is 5.04. The number of carbonyl (C=O) groups excluding carboxylic acids is 1. The minimum Gasteiger partial charge on any atom is -0.383 e. The number of rotatable bonds is 12. The number of ether oxygens (including phenoxy) is 1. The molecule has 148 valence electrons. The minimum absolute atomic E-state index is 0.0398. The largest absolute Gasteiger partial charge is 0.383 e. The van der Waals surface area contributed by atoms with Crippen LogP contribution in [-0.4, -0.2) is 48.6 Å². The van der Waals surface area contributed by atoms with Crippen molar-refractivity contribution in [1.29, 1.82) is 0 Å². The predicted molar refractivity (Wildman–Crippen MR) is 111 cm³/mol. The van der Waals surface area contributed by atoms with E-state index in [1.54, 1.807) is 7.11 Å². The number of nitrogens with one attached hydrogen (secondary N) is 1. The summed E-state index contributed by atoms with van der Waals surface area (Å²) < 4.78 is 9.48. The van der Waals surface area contributed by atoms with E-state index in [1.807, 2.05) is 0 Å². The Balaban J connectivity index is 1.93. The number of unbranched alkanes of at least 4 members (excludes halogenated alkanes) is 1. The smallest absolute Gasteiger partial charge is 0.221 e. The van der Waals surface area contributed by atoms with Gasteiger partial charge in [-0.1, -0.05) is 43.2 Å². The van der Waals surface area contributed by atoms with Crippen molar-refractivity contribution in [3.8, 4) is 0 Å². The van der Waals surface area contributed by atoms with E-state index in [0.29, 0.717) is 26.1 Å². The summed E-state index contributed by atoms with van der Waals surface area (Å²) in [6.07, 6.45) is 3.35. The zero-order valence-electron chi connectivity index (χ0n) is 16.5. The lowest BCUT2D eigenvalue weighted by molar-refractivity contribution is -0.121. The van der Waals surface area contributed by atoms with Crippen molar-refractivity contribution in [3.05, 3.63) is 41.2 Å². The van der Waals surface area contributed by atoms with Crippen molar-refractivity contribution in [2.75, 3.05) is 38.3 Å². The Kier molecular flexibility index (Phi) is 9.21. The van der Waals surface area contributed by atoms with Gasteiger partial charge in [0.25, 0.3) is 0 Å². The van der Waals surface area contributed by atoms with E-state index in [-0.39, 0.29) is 5.91 Å². The summed E-state index contributed by atoms with van der Waals surface area (Å²) in [6.45, 7) is 6.87. The lowest BCUT2D eigenvalue weighted by Gasteiger charge is -2.20. The second kappa shape index (κ2) is 11.7. The van der Waals surface area contributed by atoms with E-state index in [4.69, 9.17) is 9.72 Å². The molecule has 1 aromatic carbocycles. The molecule has 0 aliphatic rings. The molecule has 0 bridgehead atoms. The Morgan fingerprint density at radius 3 is 2.74 bits per heavy atom. The normalized spacial score (nSPS) is 10.8. The molecule has 0 saturated heterocycles. The number of aryl methyl sites for hydroxylation is 1. The summed E-state index contributed by atoms with van der Waals surface area (Å²) in [5.41, 5.74) is 2.46.